The molecule has 0 spiro atoms. The van der Waals surface area contributed by atoms with E-state index in [0.717, 1.165) is 0 Å². The summed E-state index contributed by atoms with van der Waals surface area (Å²) in [5.41, 5.74) is 10.5. The number of nitrogens with one attached hydrogen (secondary N) is 3. The molecule has 12 nitrogen and oxygen atoms in total. The fourth-order valence-electron chi connectivity index (χ4n) is 1.60. The van der Waals surface area contributed by atoms with Gasteiger partial charge in [0.2, 0.25) is 23.6 Å². The van der Waals surface area contributed by atoms with E-state index in [1.54, 1.807) is 0 Å². The first kappa shape index (κ1) is 22.3. The molecule has 0 aromatic rings. The highest BCUT2D eigenvalue weighted by Crippen LogP contribution is 1.96. The van der Waals surface area contributed by atoms with Gasteiger partial charge in [0.05, 0.1) is 12.6 Å². The van der Waals surface area contributed by atoms with Crippen LogP contribution in [0.2, 0.25) is 0 Å². The van der Waals surface area contributed by atoms with Gasteiger partial charge in [0.25, 0.3) is 0 Å². The summed E-state index contributed by atoms with van der Waals surface area (Å²) in [6.45, 7) is -0.0819. The zero-order valence-electron chi connectivity index (χ0n) is 13.7. The summed E-state index contributed by atoms with van der Waals surface area (Å²) in [7, 11) is 0. The molecule has 12 heteroatoms. The Labute approximate surface area is 143 Å². The molecule has 0 aromatic heterocycles. The maximum atomic E-state index is 12.0. The Bertz CT molecular complexity index is 525. The third-order valence-electron chi connectivity index (χ3n) is 3.02. The minimum atomic E-state index is -1.37. The molecule has 0 fully saturated rings. The predicted molar refractivity (Wildman–Crippen MR) is 83.7 cm³/mol. The number of carboxylic acid groups (broad SMARTS) is 1. The van der Waals surface area contributed by atoms with Gasteiger partial charge in [0.15, 0.2) is 0 Å². The summed E-state index contributed by atoms with van der Waals surface area (Å²) in [6, 6.07) is -3.58. The minimum absolute atomic E-state index is 0.0328. The van der Waals surface area contributed by atoms with E-state index in [-0.39, 0.29) is 12.8 Å². The fraction of sp³-hybridized carbons (Fsp3) is 0.615. The van der Waals surface area contributed by atoms with E-state index < -0.39 is 60.9 Å². The van der Waals surface area contributed by atoms with Gasteiger partial charge >= 0.3 is 5.97 Å². The Morgan fingerprint density at radius 1 is 1.04 bits per heavy atom. The number of carboxylic acids is 1. The lowest BCUT2D eigenvalue weighted by atomic mass is 10.1. The normalized spacial score (nSPS) is 13.9. The Hall–Kier alpha value is -2.73. The number of nitrogens with two attached hydrogens (primary N) is 2. The Morgan fingerprint density at radius 2 is 1.64 bits per heavy atom. The maximum absolute atomic E-state index is 12.0. The summed E-state index contributed by atoms with van der Waals surface area (Å²) in [6.07, 6.45) is -0.152. The lowest BCUT2D eigenvalue weighted by Gasteiger charge is -2.21. The van der Waals surface area contributed by atoms with Crippen LogP contribution >= 0.6 is 0 Å². The van der Waals surface area contributed by atoms with Crippen LogP contribution < -0.4 is 27.4 Å². The topological polar surface area (TPSA) is 214 Å². The van der Waals surface area contributed by atoms with Crippen LogP contribution in [-0.2, 0) is 24.0 Å². The summed E-state index contributed by atoms with van der Waals surface area (Å²) in [4.78, 5) is 56.3. The van der Waals surface area contributed by atoms with Gasteiger partial charge in [-0.25, -0.2) is 0 Å². The summed E-state index contributed by atoms with van der Waals surface area (Å²) >= 11 is 0. The zero-order chi connectivity index (χ0) is 19.6. The van der Waals surface area contributed by atoms with Crippen LogP contribution in [0.25, 0.3) is 0 Å². The Morgan fingerprint density at radius 3 is 2.12 bits per heavy atom. The predicted octanol–water partition coefficient (Wildman–Crippen LogP) is -4.24. The van der Waals surface area contributed by atoms with Gasteiger partial charge in [0.1, 0.15) is 18.6 Å². The highest BCUT2D eigenvalue weighted by Gasteiger charge is 2.26. The monoisotopic (exact) mass is 361 g/mol. The van der Waals surface area contributed by atoms with Crippen LogP contribution in [0.5, 0.6) is 0 Å². The molecule has 0 aliphatic carbocycles. The quantitative estimate of drug-likeness (QED) is 0.191. The van der Waals surface area contributed by atoms with E-state index in [9.17, 15) is 29.1 Å². The second-order valence-corrected chi connectivity index (χ2v) is 5.20. The number of carbonyl (C=O) groups is 5. The van der Waals surface area contributed by atoms with Gasteiger partial charge in [-0.05, 0) is 13.3 Å². The molecule has 0 bridgehead atoms. The number of carbonyl (C=O) groups excluding carboxylic acids is 4. The van der Waals surface area contributed by atoms with Crippen LogP contribution in [0, 0.1) is 0 Å². The average molecular weight is 361 g/mol. The van der Waals surface area contributed by atoms with Crippen molar-refractivity contribution in [3.63, 3.8) is 0 Å². The number of aliphatic hydroxyl groups is 1. The second kappa shape index (κ2) is 10.9. The lowest BCUT2D eigenvalue weighted by molar-refractivity contribution is -0.138. The number of rotatable bonds is 11. The van der Waals surface area contributed by atoms with Crippen molar-refractivity contribution in [1.29, 1.82) is 0 Å². The molecule has 0 saturated heterocycles. The van der Waals surface area contributed by atoms with Crippen molar-refractivity contribution in [2.45, 2.75) is 37.9 Å². The molecular weight excluding hydrogens is 338 g/mol. The van der Waals surface area contributed by atoms with Crippen LogP contribution in [0.3, 0.4) is 0 Å². The van der Waals surface area contributed by atoms with Crippen LogP contribution in [0.1, 0.15) is 19.8 Å². The number of primary amides is 1. The summed E-state index contributed by atoms with van der Waals surface area (Å²) in [5.74, 6) is -4.29. The van der Waals surface area contributed by atoms with Gasteiger partial charge < -0.3 is 37.6 Å². The summed E-state index contributed by atoms with van der Waals surface area (Å²) < 4.78 is 0. The van der Waals surface area contributed by atoms with E-state index in [1.165, 1.54) is 6.92 Å². The first-order valence-corrected chi connectivity index (χ1v) is 7.33. The number of aliphatic hydroxyl groups excluding tert-OH is 1. The zero-order valence-corrected chi connectivity index (χ0v) is 13.7. The molecule has 0 rings (SSSR count). The van der Waals surface area contributed by atoms with Crippen molar-refractivity contribution in [2.24, 2.45) is 11.5 Å². The molecule has 25 heavy (non-hydrogen) atoms. The van der Waals surface area contributed by atoms with E-state index in [1.807, 2.05) is 0 Å². The molecule has 0 aliphatic heterocycles. The fourth-order valence-corrected chi connectivity index (χ4v) is 1.60. The first-order chi connectivity index (χ1) is 11.6. The van der Waals surface area contributed by atoms with Crippen LogP contribution in [-0.4, -0.2) is 71.1 Å². The summed E-state index contributed by atoms with van der Waals surface area (Å²) in [5, 5.41) is 24.1. The molecule has 0 aromatic carbocycles. The highest BCUT2D eigenvalue weighted by atomic mass is 16.4. The van der Waals surface area contributed by atoms with E-state index in [4.69, 9.17) is 16.6 Å². The molecule has 9 N–H and O–H groups in total. The number of aliphatic carboxylic acids is 1. The first-order valence-electron chi connectivity index (χ1n) is 7.33. The third-order valence-corrected chi connectivity index (χ3v) is 3.02. The van der Waals surface area contributed by atoms with Gasteiger partial charge in [-0.2, -0.15) is 0 Å². The molecule has 0 saturated carbocycles. The van der Waals surface area contributed by atoms with Crippen molar-refractivity contribution in [3.8, 4) is 0 Å². The van der Waals surface area contributed by atoms with E-state index >= 15 is 0 Å². The minimum Gasteiger partial charge on any atom is -0.480 e. The standard InChI is InChI=1S/C13H23N5O7/c1-6(11(23)16-4-10(21)22)17-13(25)8(5-19)18-12(24)7(14)2-3-9(15)20/h6-8,19H,2-5,14H2,1H3,(H2,15,20)(H,16,23)(H,17,25)(H,18,24)(H,21,22). The van der Waals surface area contributed by atoms with Crippen molar-refractivity contribution in [2.75, 3.05) is 13.2 Å². The van der Waals surface area contributed by atoms with Crippen molar-refractivity contribution in [3.05, 3.63) is 0 Å². The van der Waals surface area contributed by atoms with Crippen LogP contribution in [0.15, 0.2) is 0 Å². The van der Waals surface area contributed by atoms with Gasteiger partial charge in [0, 0.05) is 6.42 Å². The molecular formula is C13H23N5O7. The van der Waals surface area contributed by atoms with E-state index in [0.29, 0.717) is 0 Å². The third kappa shape index (κ3) is 9.22. The smallest absolute Gasteiger partial charge is 0.322 e. The molecule has 3 atom stereocenters. The molecule has 142 valence electrons. The molecule has 0 aliphatic rings. The van der Waals surface area contributed by atoms with Crippen molar-refractivity contribution >= 4 is 29.6 Å². The van der Waals surface area contributed by atoms with Gasteiger partial charge in [-0.1, -0.05) is 0 Å². The molecule has 0 heterocycles. The number of amides is 4. The second-order valence-electron chi connectivity index (χ2n) is 5.20. The Kier molecular flexibility index (Phi) is 9.74. The molecule has 3 unspecified atom stereocenters. The number of hydrogen-bond donors (Lipinski definition) is 7. The number of hydrogen-bond acceptors (Lipinski definition) is 7. The van der Waals surface area contributed by atoms with Crippen molar-refractivity contribution < 1.29 is 34.2 Å². The maximum Gasteiger partial charge on any atom is 0.322 e. The van der Waals surface area contributed by atoms with E-state index in [2.05, 4.69) is 16.0 Å². The average Bonchev–Trinajstić information content (AvgIpc) is 2.54. The SMILES string of the molecule is CC(NC(=O)C(CO)NC(=O)C(N)CCC(N)=O)C(=O)NCC(=O)O. The van der Waals surface area contributed by atoms with Crippen LogP contribution in [0.4, 0.5) is 0 Å². The Balaban J connectivity index is 4.54. The molecule has 0 radical (unpaired) electrons. The lowest BCUT2D eigenvalue weighted by Crippen LogP contribution is -2.56. The molecule has 4 amide bonds. The largest absolute Gasteiger partial charge is 0.480 e. The highest BCUT2D eigenvalue weighted by molar-refractivity contribution is 5.93. The van der Waals surface area contributed by atoms with Gasteiger partial charge in [-0.15, -0.1) is 0 Å². The van der Waals surface area contributed by atoms with Crippen molar-refractivity contribution in [1.82, 2.24) is 16.0 Å². The van der Waals surface area contributed by atoms with Gasteiger partial charge in [-0.3, -0.25) is 24.0 Å².